The number of carbonyl (C=O) groups excluding carboxylic acids is 1. The van der Waals surface area contributed by atoms with Crippen molar-refractivity contribution in [3.8, 4) is 0 Å². The molecule has 1 aliphatic heterocycles. The maximum absolute atomic E-state index is 12.5. The number of cyclic esters (lactones) is 1. The molecule has 3 nitrogen and oxygen atoms in total. The zero-order valence-electron chi connectivity index (χ0n) is 10.9. The van der Waals surface area contributed by atoms with Gasteiger partial charge in [0.15, 0.2) is 5.70 Å². The standard InChI is InChI=1S/C15H8F3NO2S/c16-15(17,18)10-5-3-9(4-6-10)13-19-12(14(20)21-13)8-11-2-1-7-22-11/h1-8H/b12-8-. The molecule has 0 N–H and O–H groups in total. The Labute approximate surface area is 127 Å². The van der Waals surface area contributed by atoms with Crippen molar-refractivity contribution in [1.82, 2.24) is 0 Å². The van der Waals surface area contributed by atoms with Crippen LogP contribution >= 0.6 is 11.3 Å². The van der Waals surface area contributed by atoms with Crippen LogP contribution in [0.1, 0.15) is 16.0 Å². The summed E-state index contributed by atoms with van der Waals surface area (Å²) in [6.45, 7) is 0. The summed E-state index contributed by atoms with van der Waals surface area (Å²) in [5.74, 6) is -0.621. The number of benzene rings is 1. The van der Waals surface area contributed by atoms with Crippen molar-refractivity contribution in [3.63, 3.8) is 0 Å². The third kappa shape index (κ3) is 2.94. The smallest absolute Gasteiger partial charge is 0.402 e. The van der Waals surface area contributed by atoms with Gasteiger partial charge < -0.3 is 4.74 Å². The largest absolute Gasteiger partial charge is 0.416 e. The van der Waals surface area contributed by atoms with Crippen molar-refractivity contribution in [3.05, 3.63) is 63.5 Å². The predicted octanol–water partition coefficient (Wildman–Crippen LogP) is 4.11. The Kier molecular flexibility index (Phi) is 3.58. The summed E-state index contributed by atoms with van der Waals surface area (Å²) in [5.41, 5.74) is -0.330. The summed E-state index contributed by atoms with van der Waals surface area (Å²) in [6, 6.07) is 7.94. The summed E-state index contributed by atoms with van der Waals surface area (Å²) < 4.78 is 42.5. The number of hydrogen-bond donors (Lipinski definition) is 0. The highest BCUT2D eigenvalue weighted by atomic mass is 32.1. The van der Waals surface area contributed by atoms with Gasteiger partial charge in [0.1, 0.15) is 0 Å². The van der Waals surface area contributed by atoms with E-state index in [4.69, 9.17) is 4.74 Å². The van der Waals surface area contributed by atoms with Crippen LogP contribution in [-0.4, -0.2) is 11.9 Å². The molecule has 0 atom stereocenters. The summed E-state index contributed by atoms with van der Waals surface area (Å²) >= 11 is 1.44. The fraction of sp³-hybridized carbons (Fsp3) is 0.0667. The highest BCUT2D eigenvalue weighted by Crippen LogP contribution is 2.29. The van der Waals surface area contributed by atoms with E-state index in [2.05, 4.69) is 4.99 Å². The molecule has 0 spiro atoms. The molecule has 0 bridgehead atoms. The van der Waals surface area contributed by atoms with E-state index in [-0.39, 0.29) is 11.6 Å². The van der Waals surface area contributed by atoms with Gasteiger partial charge in [-0.15, -0.1) is 11.3 Å². The number of nitrogens with zero attached hydrogens (tertiary/aromatic N) is 1. The predicted molar refractivity (Wildman–Crippen MR) is 76.4 cm³/mol. The van der Waals surface area contributed by atoms with Crippen molar-refractivity contribution in [2.45, 2.75) is 6.18 Å². The Morgan fingerprint density at radius 1 is 1.14 bits per heavy atom. The third-order valence-electron chi connectivity index (χ3n) is 2.90. The van der Waals surface area contributed by atoms with Crippen molar-refractivity contribution >= 4 is 29.3 Å². The van der Waals surface area contributed by atoms with Crippen LogP contribution in [0.5, 0.6) is 0 Å². The van der Waals surface area contributed by atoms with Gasteiger partial charge in [-0.2, -0.15) is 13.2 Å². The minimum atomic E-state index is -4.41. The lowest BCUT2D eigenvalue weighted by Gasteiger charge is -2.06. The molecule has 0 radical (unpaired) electrons. The SMILES string of the molecule is O=C1OC(c2ccc(C(F)(F)F)cc2)=N/C1=C\c1cccs1. The Bertz CT molecular complexity index is 759. The van der Waals surface area contributed by atoms with Gasteiger partial charge in [-0.25, -0.2) is 9.79 Å². The Morgan fingerprint density at radius 3 is 2.45 bits per heavy atom. The molecule has 0 saturated carbocycles. The molecule has 0 aliphatic carbocycles. The molecular weight excluding hydrogens is 315 g/mol. The summed E-state index contributed by atoms with van der Waals surface area (Å²) in [5, 5.41) is 1.85. The number of rotatable bonds is 2. The number of aliphatic imine (C=N–C) groups is 1. The van der Waals surface area contributed by atoms with Gasteiger partial charge in [0.25, 0.3) is 0 Å². The molecule has 0 fully saturated rings. The first kappa shape index (κ1) is 14.5. The highest BCUT2D eigenvalue weighted by Gasteiger charge is 2.31. The van der Waals surface area contributed by atoms with Crippen LogP contribution in [0.4, 0.5) is 13.2 Å². The van der Waals surface area contributed by atoms with Crippen LogP contribution in [0.25, 0.3) is 6.08 Å². The van der Waals surface area contributed by atoms with E-state index >= 15 is 0 Å². The van der Waals surface area contributed by atoms with Crippen LogP contribution in [0.2, 0.25) is 0 Å². The molecule has 1 aliphatic rings. The molecule has 1 aromatic heterocycles. The van der Waals surface area contributed by atoms with Crippen LogP contribution < -0.4 is 0 Å². The summed E-state index contributed by atoms with van der Waals surface area (Å²) in [7, 11) is 0. The molecular formula is C15H8F3NO2S. The van der Waals surface area contributed by atoms with Gasteiger partial charge in [0.2, 0.25) is 5.90 Å². The Balaban J connectivity index is 1.88. The van der Waals surface area contributed by atoms with E-state index in [9.17, 15) is 18.0 Å². The van der Waals surface area contributed by atoms with Crippen molar-refractivity contribution in [2.75, 3.05) is 0 Å². The lowest BCUT2D eigenvalue weighted by Crippen LogP contribution is -2.08. The lowest BCUT2D eigenvalue weighted by molar-refractivity contribution is -0.137. The van der Waals surface area contributed by atoms with Gasteiger partial charge in [-0.1, -0.05) is 6.07 Å². The first-order valence-electron chi connectivity index (χ1n) is 6.17. The van der Waals surface area contributed by atoms with Crippen molar-refractivity contribution in [1.29, 1.82) is 0 Å². The van der Waals surface area contributed by atoms with Gasteiger partial charge in [0, 0.05) is 10.4 Å². The molecule has 7 heteroatoms. The molecule has 0 amide bonds. The number of carbonyl (C=O) groups is 1. The first-order chi connectivity index (χ1) is 10.4. The lowest BCUT2D eigenvalue weighted by atomic mass is 10.1. The van der Waals surface area contributed by atoms with Crippen LogP contribution in [0.15, 0.2) is 52.5 Å². The molecule has 2 aromatic rings. The van der Waals surface area contributed by atoms with E-state index in [0.29, 0.717) is 5.56 Å². The topological polar surface area (TPSA) is 38.7 Å². The second kappa shape index (κ2) is 5.42. The number of thiophene rings is 1. The first-order valence-corrected chi connectivity index (χ1v) is 7.05. The van der Waals surface area contributed by atoms with E-state index in [1.807, 2.05) is 17.5 Å². The zero-order chi connectivity index (χ0) is 15.7. The highest BCUT2D eigenvalue weighted by molar-refractivity contribution is 7.10. The maximum Gasteiger partial charge on any atom is 0.416 e. The average molecular weight is 323 g/mol. The molecule has 22 heavy (non-hydrogen) atoms. The van der Waals surface area contributed by atoms with E-state index in [0.717, 1.165) is 17.0 Å². The Morgan fingerprint density at radius 2 is 1.86 bits per heavy atom. The second-order valence-electron chi connectivity index (χ2n) is 4.43. The van der Waals surface area contributed by atoms with Crippen LogP contribution in [0.3, 0.4) is 0 Å². The monoisotopic (exact) mass is 323 g/mol. The van der Waals surface area contributed by atoms with Crippen LogP contribution in [-0.2, 0) is 15.7 Å². The van der Waals surface area contributed by atoms with E-state index < -0.39 is 17.7 Å². The number of halogens is 3. The summed E-state index contributed by atoms with van der Waals surface area (Å²) in [6.07, 6.45) is -2.83. The maximum atomic E-state index is 12.5. The van der Waals surface area contributed by atoms with Crippen LogP contribution in [0, 0.1) is 0 Å². The van der Waals surface area contributed by atoms with E-state index in [1.54, 1.807) is 6.08 Å². The third-order valence-corrected chi connectivity index (χ3v) is 3.72. The zero-order valence-corrected chi connectivity index (χ0v) is 11.7. The number of ether oxygens (including phenoxy) is 1. The Hall–Kier alpha value is -2.41. The summed E-state index contributed by atoms with van der Waals surface area (Å²) in [4.78, 5) is 16.6. The number of esters is 1. The molecule has 0 saturated heterocycles. The molecule has 2 heterocycles. The number of hydrogen-bond acceptors (Lipinski definition) is 4. The van der Waals surface area contributed by atoms with Crippen molar-refractivity contribution < 1.29 is 22.7 Å². The van der Waals surface area contributed by atoms with Crippen molar-refractivity contribution in [2.24, 2.45) is 4.99 Å². The fourth-order valence-electron chi connectivity index (χ4n) is 1.84. The molecule has 112 valence electrons. The average Bonchev–Trinajstić information content (AvgIpc) is 3.09. The quantitative estimate of drug-likeness (QED) is 0.616. The molecule has 1 aromatic carbocycles. The fourth-order valence-corrected chi connectivity index (χ4v) is 2.49. The van der Waals surface area contributed by atoms with Gasteiger partial charge in [0.05, 0.1) is 5.56 Å². The molecule has 3 rings (SSSR count). The van der Waals surface area contributed by atoms with Gasteiger partial charge in [-0.05, 0) is 41.8 Å². The van der Waals surface area contributed by atoms with E-state index in [1.165, 1.54) is 23.5 Å². The minimum absolute atomic E-state index is 0.00142. The normalized spacial score (nSPS) is 16.8. The minimum Gasteiger partial charge on any atom is -0.402 e. The molecule has 0 unspecified atom stereocenters. The number of alkyl halides is 3. The van der Waals surface area contributed by atoms with Gasteiger partial charge in [-0.3, -0.25) is 0 Å². The second-order valence-corrected chi connectivity index (χ2v) is 5.41. The van der Waals surface area contributed by atoms with Gasteiger partial charge >= 0.3 is 12.1 Å².